The molecule has 1 N–H and O–H groups in total. The number of benzene rings is 4. The third kappa shape index (κ3) is 13.1. The zero-order chi connectivity index (χ0) is 43.5. The van der Waals surface area contributed by atoms with Crippen molar-refractivity contribution in [1.82, 2.24) is 5.32 Å². The summed E-state index contributed by atoms with van der Waals surface area (Å²) in [6, 6.07) is 29.6. The monoisotopic (exact) mass is 817 g/mol. The number of hydrogen-bond donors (Lipinski definition) is 1. The number of alkyl carbamates (subject to hydrolysis) is 1. The Bertz CT molecular complexity index is 2080. The van der Waals surface area contributed by atoms with E-state index in [0.29, 0.717) is 38.5 Å². The number of hydrogen-bond acceptors (Lipinski definition) is 8. The Morgan fingerprint density at radius 1 is 0.700 bits per heavy atom. The van der Waals surface area contributed by atoms with Crippen LogP contribution in [0.25, 0.3) is 21.9 Å². The third-order valence-corrected chi connectivity index (χ3v) is 11.6. The average molecular weight is 818 g/mol. The maximum absolute atomic E-state index is 13.9. The van der Waals surface area contributed by atoms with E-state index in [4.69, 9.17) is 14.2 Å². The molecule has 1 aliphatic carbocycles. The van der Waals surface area contributed by atoms with Gasteiger partial charge in [-0.25, -0.2) is 4.79 Å². The molecule has 0 unspecified atom stereocenters. The van der Waals surface area contributed by atoms with Gasteiger partial charge in [0.25, 0.3) is 0 Å². The predicted molar refractivity (Wildman–Crippen MR) is 236 cm³/mol. The molecule has 1 amide bonds. The van der Waals surface area contributed by atoms with Gasteiger partial charge < -0.3 is 19.5 Å². The molecule has 320 valence electrons. The SMILES string of the molecule is COC(=O)[C@H](CCCCCC(=O)[C@H](Cc1ccc2ccccc2c1)NC(=O)OCC1c2ccccc2-c2ccccc21)CC(=O)C[C@@H](CCC(=O)OC(C)(C)C)C(C)(C)C. The highest BCUT2D eigenvalue weighted by molar-refractivity contribution is 5.89. The van der Waals surface area contributed by atoms with Crippen LogP contribution in [-0.2, 0) is 39.8 Å². The molecule has 9 nitrogen and oxygen atoms in total. The first-order chi connectivity index (χ1) is 28.5. The zero-order valence-corrected chi connectivity index (χ0v) is 36.5. The number of carbonyl (C=O) groups is 5. The minimum atomic E-state index is -0.798. The summed E-state index contributed by atoms with van der Waals surface area (Å²) in [5.74, 6) is -1.62. The summed E-state index contributed by atoms with van der Waals surface area (Å²) < 4.78 is 16.4. The fourth-order valence-electron chi connectivity index (χ4n) is 8.30. The van der Waals surface area contributed by atoms with Crippen LogP contribution < -0.4 is 5.32 Å². The molecule has 0 bridgehead atoms. The van der Waals surface area contributed by atoms with Gasteiger partial charge in [0.2, 0.25) is 0 Å². The molecule has 0 spiro atoms. The van der Waals surface area contributed by atoms with Crippen molar-refractivity contribution in [2.45, 2.75) is 123 Å². The van der Waals surface area contributed by atoms with Gasteiger partial charge in [0.05, 0.1) is 19.1 Å². The second-order valence-corrected chi connectivity index (χ2v) is 18.3. The van der Waals surface area contributed by atoms with Gasteiger partial charge in [-0.05, 0) is 96.4 Å². The maximum Gasteiger partial charge on any atom is 0.407 e. The van der Waals surface area contributed by atoms with Gasteiger partial charge in [-0.3, -0.25) is 19.2 Å². The van der Waals surface area contributed by atoms with E-state index < -0.39 is 29.6 Å². The largest absolute Gasteiger partial charge is 0.469 e. The Morgan fingerprint density at radius 2 is 1.33 bits per heavy atom. The van der Waals surface area contributed by atoms with Crippen molar-refractivity contribution >= 4 is 40.4 Å². The second-order valence-electron chi connectivity index (χ2n) is 18.3. The van der Waals surface area contributed by atoms with Gasteiger partial charge in [0.1, 0.15) is 18.0 Å². The summed E-state index contributed by atoms with van der Waals surface area (Å²) in [5, 5.41) is 5.05. The molecule has 4 aromatic carbocycles. The highest BCUT2D eigenvalue weighted by atomic mass is 16.6. The van der Waals surface area contributed by atoms with Crippen molar-refractivity contribution < 1.29 is 38.2 Å². The molecule has 3 atom stereocenters. The number of ether oxygens (including phenoxy) is 3. The van der Waals surface area contributed by atoms with E-state index in [0.717, 1.165) is 38.6 Å². The number of nitrogens with one attached hydrogen (secondary N) is 1. The van der Waals surface area contributed by atoms with Gasteiger partial charge in [-0.2, -0.15) is 0 Å². The van der Waals surface area contributed by atoms with E-state index in [1.807, 2.05) is 87.5 Å². The molecule has 0 heterocycles. The second kappa shape index (κ2) is 20.8. The Kier molecular flexibility index (Phi) is 15.9. The number of amides is 1. The highest BCUT2D eigenvalue weighted by Crippen LogP contribution is 2.44. The van der Waals surface area contributed by atoms with E-state index in [9.17, 15) is 24.0 Å². The number of ketones is 2. The van der Waals surface area contributed by atoms with Crippen molar-refractivity contribution in [2.24, 2.45) is 17.3 Å². The molecule has 4 aromatic rings. The van der Waals surface area contributed by atoms with Crippen molar-refractivity contribution in [2.75, 3.05) is 13.7 Å². The third-order valence-electron chi connectivity index (χ3n) is 11.6. The van der Waals surface area contributed by atoms with E-state index in [1.165, 1.54) is 7.11 Å². The first-order valence-electron chi connectivity index (χ1n) is 21.5. The van der Waals surface area contributed by atoms with Crippen molar-refractivity contribution in [1.29, 1.82) is 0 Å². The van der Waals surface area contributed by atoms with E-state index >= 15 is 0 Å². The molecule has 9 heteroatoms. The molecule has 5 rings (SSSR count). The van der Waals surface area contributed by atoms with Gasteiger partial charge in [-0.1, -0.05) is 125 Å². The summed E-state index contributed by atoms with van der Waals surface area (Å²) >= 11 is 0. The lowest BCUT2D eigenvalue weighted by Gasteiger charge is -2.31. The summed E-state index contributed by atoms with van der Waals surface area (Å²) in [6.07, 6.45) is 3.23. The predicted octanol–water partition coefficient (Wildman–Crippen LogP) is 10.7. The molecule has 0 radical (unpaired) electrons. The quantitative estimate of drug-likeness (QED) is 0.0531. The Labute approximate surface area is 356 Å². The average Bonchev–Trinajstić information content (AvgIpc) is 3.52. The number of Topliss-reactive ketones (excluding diaryl/α,β-unsaturated/α-hetero) is 2. The van der Waals surface area contributed by atoms with E-state index in [1.54, 1.807) is 0 Å². The van der Waals surface area contributed by atoms with Crippen LogP contribution in [0.1, 0.15) is 122 Å². The minimum absolute atomic E-state index is 0.0412. The molecule has 0 aliphatic heterocycles. The Hall–Kier alpha value is -5.31. The van der Waals surface area contributed by atoms with Crippen molar-refractivity contribution in [3.05, 3.63) is 108 Å². The van der Waals surface area contributed by atoms with Crippen LogP contribution in [0.3, 0.4) is 0 Å². The summed E-state index contributed by atoms with van der Waals surface area (Å²) in [5.41, 5.74) is 4.62. The van der Waals surface area contributed by atoms with Crippen molar-refractivity contribution in [3.8, 4) is 11.1 Å². The smallest absolute Gasteiger partial charge is 0.407 e. The van der Waals surface area contributed by atoms with Crippen LogP contribution in [0, 0.1) is 17.3 Å². The summed E-state index contributed by atoms with van der Waals surface area (Å²) in [4.78, 5) is 65.9. The molecule has 0 aromatic heterocycles. The maximum atomic E-state index is 13.9. The number of fused-ring (bicyclic) bond motifs is 4. The lowest BCUT2D eigenvalue weighted by Crippen LogP contribution is -2.43. The Morgan fingerprint density at radius 3 is 1.97 bits per heavy atom. The van der Waals surface area contributed by atoms with Crippen LogP contribution in [0.15, 0.2) is 91.0 Å². The molecular weight excluding hydrogens is 755 g/mol. The number of carbonyl (C=O) groups excluding carboxylic acids is 5. The van der Waals surface area contributed by atoms with E-state index in [2.05, 4.69) is 50.4 Å². The van der Waals surface area contributed by atoms with Gasteiger partial charge in [-0.15, -0.1) is 0 Å². The van der Waals surface area contributed by atoms with Gasteiger partial charge >= 0.3 is 18.0 Å². The van der Waals surface area contributed by atoms with Crippen LogP contribution in [-0.4, -0.2) is 55.0 Å². The number of methoxy groups -OCH3 is 1. The molecular formula is C51H63NO8. The lowest BCUT2D eigenvalue weighted by molar-refractivity contribution is -0.155. The Balaban J connectivity index is 1.16. The number of esters is 2. The first kappa shape index (κ1) is 45.8. The van der Waals surface area contributed by atoms with Crippen LogP contribution >= 0.6 is 0 Å². The van der Waals surface area contributed by atoms with Crippen LogP contribution in [0.4, 0.5) is 4.79 Å². The van der Waals surface area contributed by atoms with Crippen LogP contribution in [0.2, 0.25) is 0 Å². The number of rotatable bonds is 20. The first-order valence-corrected chi connectivity index (χ1v) is 21.5. The fraction of sp³-hybridized carbons (Fsp3) is 0.471. The molecule has 0 saturated carbocycles. The lowest BCUT2D eigenvalue weighted by atomic mass is 9.74. The van der Waals surface area contributed by atoms with E-state index in [-0.39, 0.29) is 67.1 Å². The van der Waals surface area contributed by atoms with Gasteiger partial charge in [0, 0.05) is 31.6 Å². The zero-order valence-electron chi connectivity index (χ0n) is 36.5. The minimum Gasteiger partial charge on any atom is -0.469 e. The summed E-state index contributed by atoms with van der Waals surface area (Å²) in [6.45, 7) is 11.8. The summed E-state index contributed by atoms with van der Waals surface area (Å²) in [7, 11) is 1.33. The topological polar surface area (TPSA) is 125 Å². The standard InChI is InChI=1S/C51H63NO8/c1-50(2,3)38(27-28-47(55)60-51(4,5)6)32-39(53)31-37(48(56)58-7)19-9-8-10-24-46(54)45(30-34-25-26-35-17-11-12-18-36(35)29-34)52-49(57)59-33-44-42-22-15-13-20-40(42)41-21-14-16-23-43(41)44/h11-18,20-23,25-26,29,37-38,44-45H,8-10,19,24,27-28,30-33H2,1-7H3,(H,52,57)/t37-,38-,45+/m1/s1. The van der Waals surface area contributed by atoms with Crippen LogP contribution in [0.5, 0.6) is 0 Å². The normalized spacial score (nSPS) is 14.1. The fourth-order valence-corrected chi connectivity index (χ4v) is 8.30. The molecule has 0 saturated heterocycles. The van der Waals surface area contributed by atoms with Crippen molar-refractivity contribution in [3.63, 3.8) is 0 Å². The molecule has 0 fully saturated rings. The highest BCUT2D eigenvalue weighted by Gasteiger charge is 2.32. The number of unbranched alkanes of at least 4 members (excludes halogenated alkanes) is 2. The molecule has 1 aliphatic rings. The van der Waals surface area contributed by atoms with Gasteiger partial charge in [0.15, 0.2) is 5.78 Å². The molecule has 60 heavy (non-hydrogen) atoms.